The van der Waals surface area contributed by atoms with Crippen molar-refractivity contribution in [1.82, 2.24) is 4.90 Å². The number of allylic oxidation sites excluding steroid dienone is 2. The van der Waals surface area contributed by atoms with E-state index in [1.165, 1.54) is 6.42 Å². The molecule has 2 aromatic carbocycles. The van der Waals surface area contributed by atoms with Crippen LogP contribution in [0.4, 0.5) is 0 Å². The summed E-state index contributed by atoms with van der Waals surface area (Å²) in [6.45, 7) is 2.21. The molecule has 2 fully saturated rings. The third-order valence-electron chi connectivity index (χ3n) is 9.90. The molecule has 1 saturated carbocycles. The highest BCUT2D eigenvalue weighted by molar-refractivity contribution is 5.87. The number of ether oxygens (including phenoxy) is 4. The molecular formula is C37H47NO8. The number of carbonyl (C=O) groups is 3. The summed E-state index contributed by atoms with van der Waals surface area (Å²) in [5.41, 5.74) is 1.68. The Morgan fingerprint density at radius 2 is 1.72 bits per heavy atom. The molecule has 0 spiro atoms. The zero-order valence-electron chi connectivity index (χ0n) is 27.2. The van der Waals surface area contributed by atoms with Crippen molar-refractivity contribution in [3.63, 3.8) is 0 Å². The molecule has 2 aliphatic carbocycles. The van der Waals surface area contributed by atoms with Crippen molar-refractivity contribution < 1.29 is 38.4 Å². The van der Waals surface area contributed by atoms with Crippen molar-refractivity contribution in [1.29, 1.82) is 0 Å². The number of hydrogen-bond acceptors (Lipinski definition) is 7. The van der Waals surface area contributed by atoms with E-state index in [-0.39, 0.29) is 17.7 Å². The fourth-order valence-corrected chi connectivity index (χ4v) is 7.54. The molecule has 1 aliphatic heterocycles. The van der Waals surface area contributed by atoms with Gasteiger partial charge in [-0.3, -0.25) is 4.79 Å². The summed E-state index contributed by atoms with van der Waals surface area (Å²) < 4.78 is 22.6. The zero-order chi connectivity index (χ0) is 32.6. The quantitative estimate of drug-likeness (QED) is 0.211. The number of nitrogens with zero attached hydrogens (tertiary/aromatic N) is 1. The van der Waals surface area contributed by atoms with Crippen LogP contribution in [0.5, 0.6) is 17.2 Å². The molecule has 5 rings (SSSR count). The first-order valence-electron chi connectivity index (χ1n) is 16.6. The van der Waals surface area contributed by atoms with Gasteiger partial charge in [-0.25, -0.2) is 9.59 Å². The molecule has 1 heterocycles. The van der Waals surface area contributed by atoms with E-state index in [0.29, 0.717) is 60.5 Å². The highest BCUT2D eigenvalue weighted by Gasteiger charge is 2.45. The minimum atomic E-state index is -1.08. The lowest BCUT2D eigenvalue weighted by atomic mass is 9.64. The van der Waals surface area contributed by atoms with Gasteiger partial charge in [-0.1, -0.05) is 50.1 Å². The van der Waals surface area contributed by atoms with Crippen molar-refractivity contribution in [3.8, 4) is 17.2 Å². The predicted octanol–water partition coefficient (Wildman–Crippen LogP) is 6.39. The number of carbonyl (C=O) groups excluding carboxylic acids is 2. The second kappa shape index (κ2) is 15.5. The minimum absolute atomic E-state index is 0.0846. The molecule has 1 N–H and O–H groups in total. The van der Waals surface area contributed by atoms with Gasteiger partial charge in [0.15, 0.2) is 18.1 Å². The SMILES string of the molecule is COc1ccc(CC[C@@H](OC(=O)[C@@H]2CCCCN2C(=O)[C@H]2[C@@H]3CCCC[C@H]3C=C[C@@H]2C)c2cccc(OCC(=O)O)c2)cc1OC. The Morgan fingerprint density at radius 1 is 0.935 bits per heavy atom. The number of piperidine rings is 1. The average Bonchev–Trinajstić information content (AvgIpc) is 3.08. The van der Waals surface area contributed by atoms with Gasteiger partial charge in [0.2, 0.25) is 5.91 Å². The molecule has 0 bridgehead atoms. The number of rotatable bonds is 12. The standard InChI is InChI=1S/C37H47NO8/c1-24-14-17-26-9-4-5-12-29(26)35(24)36(41)38-20-7-6-13-30(38)37(42)46-31(27-10-8-11-28(22-27)45-23-34(39)40)18-15-25-16-19-32(43-2)33(21-25)44-3/h8,10-11,14,16-17,19,21-22,24,26,29-31,35H,4-7,9,12-13,15,18,20,23H2,1-3H3,(H,39,40)/t24-,26-,29+,30-,31+,35+/m0/s1. The lowest BCUT2D eigenvalue weighted by molar-refractivity contribution is -0.164. The molecule has 6 atom stereocenters. The molecular weight excluding hydrogens is 586 g/mol. The lowest BCUT2D eigenvalue weighted by Gasteiger charge is -2.44. The number of aryl methyl sites for hydroxylation is 1. The van der Waals surface area contributed by atoms with E-state index in [9.17, 15) is 14.4 Å². The maximum Gasteiger partial charge on any atom is 0.341 e. The van der Waals surface area contributed by atoms with Gasteiger partial charge in [0.05, 0.1) is 14.2 Å². The van der Waals surface area contributed by atoms with Crippen LogP contribution < -0.4 is 14.2 Å². The number of hydrogen-bond donors (Lipinski definition) is 1. The summed E-state index contributed by atoms with van der Waals surface area (Å²) in [4.78, 5) is 41.3. The minimum Gasteiger partial charge on any atom is -0.493 e. The van der Waals surface area contributed by atoms with Gasteiger partial charge >= 0.3 is 11.9 Å². The summed E-state index contributed by atoms with van der Waals surface area (Å²) in [6, 6.07) is 12.1. The number of carboxylic acid groups (broad SMARTS) is 1. The molecule has 2 aromatic rings. The van der Waals surface area contributed by atoms with Crippen LogP contribution in [0.3, 0.4) is 0 Å². The molecule has 1 amide bonds. The first-order valence-corrected chi connectivity index (χ1v) is 16.6. The number of carboxylic acids is 1. The zero-order valence-corrected chi connectivity index (χ0v) is 27.2. The van der Waals surface area contributed by atoms with Gasteiger partial charge in [-0.15, -0.1) is 0 Å². The van der Waals surface area contributed by atoms with E-state index in [1.54, 1.807) is 32.4 Å². The predicted molar refractivity (Wildman–Crippen MR) is 173 cm³/mol. The number of aliphatic carboxylic acids is 1. The van der Waals surface area contributed by atoms with Gasteiger partial charge in [-0.2, -0.15) is 0 Å². The van der Waals surface area contributed by atoms with Crippen LogP contribution in [-0.2, 0) is 25.5 Å². The summed E-state index contributed by atoms with van der Waals surface area (Å²) >= 11 is 0. The molecule has 9 heteroatoms. The number of benzene rings is 2. The topological polar surface area (TPSA) is 112 Å². The van der Waals surface area contributed by atoms with Gasteiger partial charge < -0.3 is 29.0 Å². The summed E-state index contributed by atoms with van der Waals surface area (Å²) in [5, 5.41) is 9.10. The molecule has 1 saturated heterocycles. The van der Waals surface area contributed by atoms with E-state index < -0.39 is 30.7 Å². The second-order valence-corrected chi connectivity index (χ2v) is 12.8. The van der Waals surface area contributed by atoms with Gasteiger partial charge in [0, 0.05) is 12.5 Å². The Kier molecular flexibility index (Phi) is 11.3. The number of methoxy groups -OCH3 is 2. The van der Waals surface area contributed by atoms with Gasteiger partial charge in [0.25, 0.3) is 0 Å². The highest BCUT2D eigenvalue weighted by atomic mass is 16.5. The number of fused-ring (bicyclic) bond motifs is 1. The van der Waals surface area contributed by atoms with E-state index in [4.69, 9.17) is 24.1 Å². The van der Waals surface area contributed by atoms with Gasteiger partial charge in [0.1, 0.15) is 17.9 Å². The molecule has 9 nitrogen and oxygen atoms in total. The normalized spacial score (nSPS) is 24.8. The van der Waals surface area contributed by atoms with Crippen LogP contribution in [0.2, 0.25) is 0 Å². The van der Waals surface area contributed by atoms with E-state index in [2.05, 4.69) is 19.1 Å². The van der Waals surface area contributed by atoms with Crippen LogP contribution >= 0.6 is 0 Å². The Hall–Kier alpha value is -4.01. The van der Waals surface area contributed by atoms with Crippen LogP contribution in [0.25, 0.3) is 0 Å². The maximum absolute atomic E-state index is 14.3. The third kappa shape index (κ3) is 7.85. The summed E-state index contributed by atoms with van der Waals surface area (Å²) in [7, 11) is 3.18. The molecule has 46 heavy (non-hydrogen) atoms. The number of amides is 1. The molecule has 0 aromatic heterocycles. The van der Waals surface area contributed by atoms with E-state index in [1.807, 2.05) is 29.2 Å². The Labute approximate surface area is 271 Å². The third-order valence-corrected chi connectivity index (χ3v) is 9.90. The Balaban J connectivity index is 1.37. The van der Waals surface area contributed by atoms with E-state index >= 15 is 0 Å². The van der Waals surface area contributed by atoms with Crippen LogP contribution in [0.15, 0.2) is 54.6 Å². The smallest absolute Gasteiger partial charge is 0.341 e. The lowest BCUT2D eigenvalue weighted by Crippen LogP contribution is -2.54. The van der Waals surface area contributed by atoms with E-state index in [0.717, 1.165) is 37.7 Å². The fourth-order valence-electron chi connectivity index (χ4n) is 7.54. The molecule has 0 unspecified atom stereocenters. The Morgan fingerprint density at radius 3 is 2.50 bits per heavy atom. The molecule has 248 valence electrons. The number of esters is 1. The maximum atomic E-state index is 14.3. The first kappa shape index (κ1) is 33.4. The highest BCUT2D eigenvalue weighted by Crippen LogP contribution is 2.44. The number of likely N-dealkylation sites (tertiary alicyclic amines) is 1. The average molecular weight is 634 g/mol. The van der Waals surface area contributed by atoms with Crippen molar-refractivity contribution in [3.05, 3.63) is 65.7 Å². The Bertz CT molecular complexity index is 1410. The molecule has 3 aliphatic rings. The fraction of sp³-hybridized carbons (Fsp3) is 0.541. The second-order valence-electron chi connectivity index (χ2n) is 12.8. The van der Waals surface area contributed by atoms with Crippen LogP contribution in [0.1, 0.15) is 75.5 Å². The first-order chi connectivity index (χ1) is 22.3. The van der Waals surface area contributed by atoms with Crippen LogP contribution in [0, 0.1) is 23.7 Å². The summed E-state index contributed by atoms with van der Waals surface area (Å²) in [6.07, 6.45) is 11.7. The van der Waals surface area contributed by atoms with Crippen molar-refractivity contribution in [2.75, 3.05) is 27.4 Å². The van der Waals surface area contributed by atoms with Crippen LogP contribution in [-0.4, -0.2) is 61.3 Å². The van der Waals surface area contributed by atoms with Crippen molar-refractivity contribution >= 4 is 17.8 Å². The van der Waals surface area contributed by atoms with Crippen molar-refractivity contribution in [2.45, 2.75) is 76.9 Å². The van der Waals surface area contributed by atoms with Crippen molar-refractivity contribution in [2.24, 2.45) is 23.7 Å². The molecule has 0 radical (unpaired) electrons. The van der Waals surface area contributed by atoms with Gasteiger partial charge in [-0.05, 0) is 98.1 Å². The summed E-state index contributed by atoms with van der Waals surface area (Å²) in [5.74, 6) is 0.994. The monoisotopic (exact) mass is 633 g/mol. The largest absolute Gasteiger partial charge is 0.493 e.